The molecule has 1 aliphatic rings. The van der Waals surface area contributed by atoms with Crippen LogP contribution in [0.1, 0.15) is 24.1 Å². The highest BCUT2D eigenvalue weighted by Crippen LogP contribution is 2.24. The Morgan fingerprint density at radius 3 is 2.42 bits per heavy atom. The third-order valence-electron chi connectivity index (χ3n) is 6.93. The Hall–Kier alpha value is -3.95. The maximum atomic E-state index is 13.7. The summed E-state index contributed by atoms with van der Waals surface area (Å²) in [7, 11) is -4.05. The second-order valence-electron chi connectivity index (χ2n) is 9.37. The van der Waals surface area contributed by atoms with Gasteiger partial charge in [0, 0.05) is 43.4 Å². The molecule has 8 nitrogen and oxygen atoms in total. The molecule has 0 spiro atoms. The fourth-order valence-corrected chi connectivity index (χ4v) is 5.98. The molecule has 3 aromatic carbocycles. The number of aryl methyl sites for hydroxylation is 1. The molecule has 0 saturated carbocycles. The molecule has 1 saturated heterocycles. The summed E-state index contributed by atoms with van der Waals surface area (Å²) in [6.07, 6.45) is 0.959. The smallest absolute Gasteiger partial charge is 0.248 e. The van der Waals surface area contributed by atoms with Crippen molar-refractivity contribution in [1.82, 2.24) is 14.6 Å². The van der Waals surface area contributed by atoms with Gasteiger partial charge in [0.25, 0.3) is 0 Å². The van der Waals surface area contributed by atoms with Crippen LogP contribution in [-0.4, -0.2) is 50.4 Å². The number of hydrogen-bond donors (Lipinski definition) is 2. The summed E-state index contributed by atoms with van der Waals surface area (Å²) in [6, 6.07) is 23.6. The van der Waals surface area contributed by atoms with Crippen molar-refractivity contribution in [1.29, 1.82) is 0 Å². The van der Waals surface area contributed by atoms with E-state index in [0.29, 0.717) is 42.6 Å². The summed E-state index contributed by atoms with van der Waals surface area (Å²) < 4.78 is 29.6. The summed E-state index contributed by atoms with van der Waals surface area (Å²) in [6.45, 7) is 4.43. The van der Waals surface area contributed by atoms with E-state index in [1.165, 1.54) is 23.8 Å². The van der Waals surface area contributed by atoms with E-state index < -0.39 is 16.1 Å². The molecule has 2 N–H and O–H groups in total. The first kappa shape index (κ1) is 25.7. The van der Waals surface area contributed by atoms with Crippen molar-refractivity contribution >= 4 is 32.5 Å². The van der Waals surface area contributed by atoms with Gasteiger partial charge in [-0.2, -0.15) is 4.72 Å². The highest BCUT2D eigenvalue weighted by Gasteiger charge is 2.32. The van der Waals surface area contributed by atoms with E-state index in [9.17, 15) is 18.0 Å². The summed E-state index contributed by atoms with van der Waals surface area (Å²) in [5.74, 6) is -0.285. The molecule has 0 radical (unpaired) electrons. The largest absolute Gasteiger partial charge is 0.368 e. The van der Waals surface area contributed by atoms with E-state index >= 15 is 0 Å². The zero-order valence-corrected chi connectivity index (χ0v) is 21.9. The molecule has 38 heavy (non-hydrogen) atoms. The van der Waals surface area contributed by atoms with E-state index in [2.05, 4.69) is 45.8 Å². The average Bonchev–Trinajstić information content (AvgIpc) is 2.96. The first-order valence-corrected chi connectivity index (χ1v) is 14.2. The molecular weight excluding hydrogens is 500 g/mol. The summed E-state index contributed by atoms with van der Waals surface area (Å²) in [5.41, 5.74) is 3.24. The molecule has 1 amide bonds. The zero-order chi connectivity index (χ0) is 26.7. The number of pyridine rings is 1. The molecule has 1 aromatic heterocycles. The van der Waals surface area contributed by atoms with E-state index in [-0.39, 0.29) is 16.4 Å². The van der Waals surface area contributed by atoms with Gasteiger partial charge in [-0.3, -0.25) is 9.59 Å². The number of aromatic nitrogens is 1. The number of hydrogen-bond acceptors (Lipinski definition) is 5. The van der Waals surface area contributed by atoms with Crippen molar-refractivity contribution in [2.24, 2.45) is 0 Å². The second kappa shape index (κ2) is 10.8. The van der Waals surface area contributed by atoms with E-state index in [4.69, 9.17) is 0 Å². The summed E-state index contributed by atoms with van der Waals surface area (Å²) in [4.78, 5) is 32.0. The first-order valence-electron chi connectivity index (χ1n) is 12.7. The number of rotatable bonds is 7. The van der Waals surface area contributed by atoms with Gasteiger partial charge in [0.15, 0.2) is 0 Å². The standard InChI is InChI=1S/C29H30N4O4S/c1-2-21-7-6-10-24(19-21)32-15-17-33(18-16-32)29(35)28(22-8-4-3-5-9-22)31-38(36,37)25-12-13-26-23(20-25)11-14-27(34)30-26/h3-14,19-20,28,31H,2,15-18H2,1H3,(H,30,34). The van der Waals surface area contributed by atoms with Gasteiger partial charge >= 0.3 is 0 Å². The van der Waals surface area contributed by atoms with Crippen LogP contribution in [0.5, 0.6) is 0 Å². The van der Waals surface area contributed by atoms with Gasteiger partial charge < -0.3 is 14.8 Å². The predicted molar refractivity (Wildman–Crippen MR) is 149 cm³/mol. The lowest BCUT2D eigenvalue weighted by Gasteiger charge is -2.37. The summed E-state index contributed by atoms with van der Waals surface area (Å²) in [5, 5.41) is 0.582. The van der Waals surface area contributed by atoms with Gasteiger partial charge in [-0.15, -0.1) is 0 Å². The first-order chi connectivity index (χ1) is 18.3. The minimum Gasteiger partial charge on any atom is -0.368 e. The SMILES string of the molecule is CCc1cccc(N2CCN(C(=O)C(NS(=O)(=O)c3ccc4[nH]c(=O)ccc4c3)c3ccccc3)CC2)c1. The number of carbonyl (C=O) groups is 1. The number of benzene rings is 3. The lowest BCUT2D eigenvalue weighted by atomic mass is 10.1. The minimum absolute atomic E-state index is 0.0198. The number of sulfonamides is 1. The Labute approximate surface area is 222 Å². The van der Waals surface area contributed by atoms with Gasteiger partial charge in [0.05, 0.1) is 4.90 Å². The second-order valence-corrected chi connectivity index (χ2v) is 11.1. The number of nitrogens with zero attached hydrogens (tertiary/aromatic N) is 2. The third-order valence-corrected chi connectivity index (χ3v) is 8.35. The Kier molecular flexibility index (Phi) is 7.31. The number of amides is 1. The minimum atomic E-state index is -4.05. The zero-order valence-electron chi connectivity index (χ0n) is 21.1. The highest BCUT2D eigenvalue weighted by atomic mass is 32.2. The average molecular weight is 531 g/mol. The van der Waals surface area contributed by atoms with Crippen LogP contribution >= 0.6 is 0 Å². The molecule has 4 aromatic rings. The van der Waals surface area contributed by atoms with Crippen molar-refractivity contribution in [2.75, 3.05) is 31.1 Å². The molecule has 196 valence electrons. The Morgan fingerprint density at radius 1 is 0.921 bits per heavy atom. The number of aromatic amines is 1. The van der Waals surface area contributed by atoms with Crippen LogP contribution in [0.25, 0.3) is 10.9 Å². The molecule has 0 bridgehead atoms. The molecule has 9 heteroatoms. The van der Waals surface area contributed by atoms with Crippen LogP contribution in [0.2, 0.25) is 0 Å². The maximum absolute atomic E-state index is 13.7. The Balaban J connectivity index is 1.37. The monoisotopic (exact) mass is 530 g/mol. The number of H-pyrrole nitrogens is 1. The molecule has 1 fully saturated rings. The van der Waals surface area contributed by atoms with E-state index in [1.54, 1.807) is 41.3 Å². The van der Waals surface area contributed by atoms with E-state index in [0.717, 1.165) is 12.1 Å². The van der Waals surface area contributed by atoms with Gasteiger partial charge in [-0.25, -0.2) is 8.42 Å². The number of piperazine rings is 1. The predicted octanol–water partition coefficient (Wildman–Crippen LogP) is 3.46. The van der Waals surface area contributed by atoms with Crippen molar-refractivity contribution in [2.45, 2.75) is 24.3 Å². The van der Waals surface area contributed by atoms with Crippen LogP contribution in [0, 0.1) is 0 Å². The Morgan fingerprint density at radius 2 is 1.68 bits per heavy atom. The highest BCUT2D eigenvalue weighted by molar-refractivity contribution is 7.89. The fraction of sp³-hybridized carbons (Fsp3) is 0.241. The molecule has 0 aliphatic carbocycles. The molecular formula is C29H30N4O4S. The fourth-order valence-electron chi connectivity index (χ4n) is 4.77. The van der Waals surface area contributed by atoms with Gasteiger partial charge in [0.2, 0.25) is 21.5 Å². The molecule has 5 rings (SSSR count). The Bertz CT molecular complexity index is 1610. The van der Waals surface area contributed by atoms with Gasteiger partial charge in [-0.05, 0) is 59.3 Å². The van der Waals surface area contributed by atoms with Crippen molar-refractivity contribution in [3.63, 3.8) is 0 Å². The van der Waals surface area contributed by atoms with Crippen LogP contribution in [0.15, 0.2) is 94.6 Å². The number of fused-ring (bicyclic) bond motifs is 1. The van der Waals surface area contributed by atoms with Crippen LogP contribution in [0.4, 0.5) is 5.69 Å². The molecule has 1 atom stereocenters. The normalized spacial score (nSPS) is 15.0. The lowest BCUT2D eigenvalue weighted by Crippen LogP contribution is -2.52. The maximum Gasteiger partial charge on any atom is 0.248 e. The number of carbonyl (C=O) groups excluding carboxylic acids is 1. The van der Waals surface area contributed by atoms with E-state index in [1.807, 2.05) is 6.07 Å². The molecule has 1 unspecified atom stereocenters. The van der Waals surface area contributed by atoms with Gasteiger partial charge in [-0.1, -0.05) is 49.4 Å². The van der Waals surface area contributed by atoms with Gasteiger partial charge in [0.1, 0.15) is 6.04 Å². The molecule has 1 aliphatic heterocycles. The van der Waals surface area contributed by atoms with Crippen molar-refractivity contribution in [3.8, 4) is 0 Å². The number of anilines is 1. The third kappa shape index (κ3) is 5.49. The quantitative estimate of drug-likeness (QED) is 0.381. The van der Waals surface area contributed by atoms with Crippen LogP contribution < -0.4 is 15.2 Å². The molecule has 2 heterocycles. The topological polar surface area (TPSA) is 103 Å². The van der Waals surface area contributed by atoms with Crippen LogP contribution in [0.3, 0.4) is 0 Å². The lowest BCUT2D eigenvalue weighted by molar-refractivity contribution is -0.133. The van der Waals surface area contributed by atoms with Crippen molar-refractivity contribution < 1.29 is 13.2 Å². The number of nitrogens with one attached hydrogen (secondary N) is 2. The van der Waals surface area contributed by atoms with Crippen LogP contribution in [-0.2, 0) is 21.2 Å². The van der Waals surface area contributed by atoms with Crippen molar-refractivity contribution in [3.05, 3.63) is 106 Å². The summed E-state index contributed by atoms with van der Waals surface area (Å²) >= 11 is 0.